The number of carbonyl (C=O) groups is 1. The van der Waals surface area contributed by atoms with Gasteiger partial charge < -0.3 is 5.32 Å². The van der Waals surface area contributed by atoms with Gasteiger partial charge in [0, 0.05) is 5.56 Å². The summed E-state index contributed by atoms with van der Waals surface area (Å²) in [5.74, 6) is 1.11. The fourth-order valence-corrected chi connectivity index (χ4v) is 5.03. The van der Waals surface area contributed by atoms with E-state index in [9.17, 15) is 4.79 Å². The van der Waals surface area contributed by atoms with Gasteiger partial charge in [0.25, 0.3) is 0 Å². The van der Waals surface area contributed by atoms with Crippen molar-refractivity contribution in [3.05, 3.63) is 62.9 Å². The summed E-state index contributed by atoms with van der Waals surface area (Å²) in [5, 5.41) is 12.6. The average molecular weight is 376 g/mol. The number of rotatable bonds is 2. The molecule has 4 rings (SSSR count). The largest absolute Gasteiger partial charge is 0.310 e. The van der Waals surface area contributed by atoms with E-state index in [-0.39, 0.29) is 11.2 Å². The van der Waals surface area contributed by atoms with Crippen molar-refractivity contribution >= 4 is 46.4 Å². The molecule has 1 N–H and O–H groups in total. The van der Waals surface area contributed by atoms with E-state index in [2.05, 4.69) is 27.2 Å². The molecule has 122 valence electrons. The first-order chi connectivity index (χ1) is 11.6. The number of aryl methyl sites for hydroxylation is 1. The molecule has 24 heavy (non-hydrogen) atoms. The third kappa shape index (κ3) is 2.64. The number of thiophene rings is 1. The van der Waals surface area contributed by atoms with Crippen molar-refractivity contribution in [2.75, 3.05) is 11.1 Å². The first-order valence-electron chi connectivity index (χ1n) is 7.43. The zero-order valence-corrected chi connectivity index (χ0v) is 15.2. The van der Waals surface area contributed by atoms with E-state index >= 15 is 0 Å². The highest BCUT2D eigenvalue weighted by Crippen LogP contribution is 2.44. The number of hydrogen-bond donors (Lipinski definition) is 1. The van der Waals surface area contributed by atoms with Gasteiger partial charge in [-0.3, -0.25) is 4.79 Å². The molecule has 0 aliphatic carbocycles. The minimum absolute atomic E-state index is 0.0211. The average Bonchev–Trinajstić information content (AvgIpc) is 3.15. The second-order valence-electron chi connectivity index (χ2n) is 5.51. The third-order valence-corrected chi connectivity index (χ3v) is 6.23. The third-order valence-electron chi connectivity index (χ3n) is 3.93. The Morgan fingerprint density at radius 2 is 2.17 bits per heavy atom. The number of halogens is 1. The summed E-state index contributed by atoms with van der Waals surface area (Å²) in [6.07, 6.45) is 0. The van der Waals surface area contributed by atoms with Crippen molar-refractivity contribution in [3.8, 4) is 5.69 Å². The van der Waals surface area contributed by atoms with E-state index in [1.54, 1.807) is 27.8 Å². The molecule has 0 fully saturated rings. The Labute approximate surface area is 152 Å². The summed E-state index contributed by atoms with van der Waals surface area (Å²) < 4.78 is 1.75. The molecule has 0 spiro atoms. The van der Waals surface area contributed by atoms with Crippen LogP contribution in [0, 0.1) is 6.92 Å². The van der Waals surface area contributed by atoms with Gasteiger partial charge in [-0.1, -0.05) is 23.7 Å². The number of carbonyl (C=O) groups excluding carboxylic acids is 1. The molecule has 0 radical (unpaired) electrons. The first kappa shape index (κ1) is 15.7. The van der Waals surface area contributed by atoms with Crippen LogP contribution >= 0.6 is 34.7 Å². The van der Waals surface area contributed by atoms with Crippen molar-refractivity contribution in [2.24, 2.45) is 0 Å². The Balaban J connectivity index is 1.93. The van der Waals surface area contributed by atoms with Gasteiger partial charge in [0.15, 0.2) is 0 Å². The lowest BCUT2D eigenvalue weighted by atomic mass is 10.1. The number of hydrogen-bond acceptors (Lipinski definition) is 4. The minimum Gasteiger partial charge on any atom is -0.310 e. The van der Waals surface area contributed by atoms with Gasteiger partial charge in [-0.25, -0.2) is 4.68 Å². The molecule has 3 aromatic rings. The molecule has 1 atom stereocenters. The van der Waals surface area contributed by atoms with E-state index < -0.39 is 0 Å². The van der Waals surface area contributed by atoms with Gasteiger partial charge >= 0.3 is 0 Å². The quantitative estimate of drug-likeness (QED) is 0.708. The first-order valence-corrected chi connectivity index (χ1v) is 9.80. The lowest BCUT2D eigenvalue weighted by molar-refractivity contribution is -0.113. The molecule has 0 unspecified atom stereocenters. The summed E-state index contributed by atoms with van der Waals surface area (Å²) in [5.41, 5.74) is 3.91. The lowest BCUT2D eigenvalue weighted by Crippen LogP contribution is -2.16. The van der Waals surface area contributed by atoms with Gasteiger partial charge in [-0.05, 0) is 41.4 Å². The number of nitrogens with zero attached hydrogens (tertiary/aromatic N) is 2. The Bertz CT molecular complexity index is 905. The molecule has 0 saturated heterocycles. The molecule has 2 aromatic heterocycles. The predicted molar refractivity (Wildman–Crippen MR) is 101 cm³/mol. The molecule has 7 heteroatoms. The summed E-state index contributed by atoms with van der Waals surface area (Å²) in [7, 11) is 0. The standard InChI is InChI=1S/C17H14ClN3OS2/c1-10-15-16(11-6-7-23-8-11)24-9-14(22)19-17(15)21(20-10)13-5-3-2-4-12(13)18/h2-8,16H,9H2,1H3,(H,19,22)/t16-/m0/s1. The highest BCUT2D eigenvalue weighted by molar-refractivity contribution is 8.00. The summed E-state index contributed by atoms with van der Waals surface area (Å²) in [6.45, 7) is 1.98. The van der Waals surface area contributed by atoms with Gasteiger partial charge in [0.05, 0.1) is 27.4 Å². The summed E-state index contributed by atoms with van der Waals surface area (Å²) in [4.78, 5) is 12.2. The van der Waals surface area contributed by atoms with Crippen LogP contribution in [-0.4, -0.2) is 21.4 Å². The predicted octanol–water partition coefficient (Wildman–Crippen LogP) is 4.67. The zero-order valence-electron chi connectivity index (χ0n) is 12.8. The van der Waals surface area contributed by atoms with Crippen LogP contribution in [-0.2, 0) is 4.79 Å². The number of nitrogens with one attached hydrogen (secondary N) is 1. The topological polar surface area (TPSA) is 46.9 Å². The molecule has 0 bridgehead atoms. The van der Waals surface area contributed by atoms with Crippen LogP contribution < -0.4 is 5.32 Å². The minimum atomic E-state index is -0.0211. The molecule has 3 heterocycles. The SMILES string of the molecule is Cc1nn(-c2ccccc2Cl)c2c1[C@H](c1ccsc1)SCC(=O)N2. The summed E-state index contributed by atoms with van der Waals surface area (Å²) >= 11 is 9.63. The van der Waals surface area contributed by atoms with Gasteiger partial charge in [-0.2, -0.15) is 16.4 Å². The van der Waals surface area contributed by atoms with E-state index in [0.717, 1.165) is 16.9 Å². The van der Waals surface area contributed by atoms with Crippen LogP contribution in [0.4, 0.5) is 5.82 Å². The van der Waals surface area contributed by atoms with Crippen LogP contribution in [0.5, 0.6) is 0 Å². The Morgan fingerprint density at radius 1 is 1.33 bits per heavy atom. The van der Waals surface area contributed by atoms with Gasteiger partial charge in [-0.15, -0.1) is 11.8 Å². The maximum atomic E-state index is 12.2. The molecule has 1 aromatic carbocycles. The smallest absolute Gasteiger partial charge is 0.235 e. The zero-order chi connectivity index (χ0) is 16.7. The molecule has 1 aliphatic rings. The van der Waals surface area contributed by atoms with E-state index in [1.807, 2.05) is 31.2 Å². The van der Waals surface area contributed by atoms with Gasteiger partial charge in [0.2, 0.25) is 5.91 Å². The van der Waals surface area contributed by atoms with E-state index in [4.69, 9.17) is 11.6 Å². The van der Waals surface area contributed by atoms with Crippen molar-refractivity contribution in [2.45, 2.75) is 12.2 Å². The van der Waals surface area contributed by atoms with Crippen molar-refractivity contribution < 1.29 is 4.79 Å². The number of thioether (sulfide) groups is 1. The van der Waals surface area contributed by atoms with Crippen molar-refractivity contribution in [1.82, 2.24) is 9.78 Å². The van der Waals surface area contributed by atoms with Crippen LogP contribution in [0.1, 0.15) is 22.1 Å². The number of benzene rings is 1. The highest BCUT2D eigenvalue weighted by Gasteiger charge is 2.31. The number of aromatic nitrogens is 2. The van der Waals surface area contributed by atoms with Crippen molar-refractivity contribution in [1.29, 1.82) is 0 Å². The fourth-order valence-electron chi connectivity index (χ4n) is 2.87. The second-order valence-corrected chi connectivity index (χ2v) is 7.79. The normalized spacial score (nSPS) is 17.2. The lowest BCUT2D eigenvalue weighted by Gasteiger charge is -2.13. The maximum Gasteiger partial charge on any atom is 0.235 e. The maximum absolute atomic E-state index is 12.2. The summed E-state index contributed by atoms with van der Waals surface area (Å²) in [6, 6.07) is 9.62. The van der Waals surface area contributed by atoms with E-state index in [1.165, 1.54) is 5.56 Å². The molecule has 4 nitrogen and oxygen atoms in total. The molecule has 1 aliphatic heterocycles. The van der Waals surface area contributed by atoms with E-state index in [0.29, 0.717) is 16.6 Å². The molecular weight excluding hydrogens is 362 g/mol. The van der Waals surface area contributed by atoms with Gasteiger partial charge in [0.1, 0.15) is 5.82 Å². The Morgan fingerprint density at radius 3 is 2.92 bits per heavy atom. The molecule has 1 amide bonds. The van der Waals surface area contributed by atoms with Crippen LogP contribution in [0.2, 0.25) is 5.02 Å². The highest BCUT2D eigenvalue weighted by atomic mass is 35.5. The number of anilines is 1. The molecular formula is C17H14ClN3OS2. The molecule has 0 saturated carbocycles. The number of amides is 1. The second kappa shape index (κ2) is 6.27. The Hall–Kier alpha value is -1.76. The van der Waals surface area contributed by atoms with Crippen molar-refractivity contribution in [3.63, 3.8) is 0 Å². The number of fused-ring (bicyclic) bond motifs is 1. The van der Waals surface area contributed by atoms with Crippen LogP contribution in [0.15, 0.2) is 41.1 Å². The van der Waals surface area contributed by atoms with Crippen LogP contribution in [0.3, 0.4) is 0 Å². The van der Waals surface area contributed by atoms with Crippen LogP contribution in [0.25, 0.3) is 5.69 Å². The fraction of sp³-hybridized carbons (Fsp3) is 0.176. The number of para-hydroxylation sites is 1. The Kier molecular flexibility index (Phi) is 4.12. The monoisotopic (exact) mass is 375 g/mol.